The van der Waals surface area contributed by atoms with Crippen molar-refractivity contribution >= 4 is 11.8 Å². The number of para-hydroxylation sites is 1. The summed E-state index contributed by atoms with van der Waals surface area (Å²) in [7, 11) is 1.65. The van der Waals surface area contributed by atoms with Gasteiger partial charge in [-0.25, -0.2) is 4.79 Å². The fourth-order valence-corrected chi connectivity index (χ4v) is 3.99. The molecule has 2 aromatic carbocycles. The number of hydrogen-bond donors (Lipinski definition) is 2. The first-order valence-electron chi connectivity index (χ1n) is 10.6. The van der Waals surface area contributed by atoms with Crippen LogP contribution in [0.4, 0.5) is 10.5 Å². The van der Waals surface area contributed by atoms with Crippen LogP contribution in [0.5, 0.6) is 11.5 Å². The zero-order chi connectivity index (χ0) is 20.5. The van der Waals surface area contributed by atoms with E-state index >= 15 is 0 Å². The lowest BCUT2D eigenvalue weighted by molar-refractivity contribution is 0.215. The zero-order valence-corrected chi connectivity index (χ0v) is 17.4. The SMILES string of the molecule is COc1ccc(NC(=O)Oc2ccccc2)c(CNC(C)CC2CCCCC2)c1. The topological polar surface area (TPSA) is 59.6 Å². The Morgan fingerprint density at radius 3 is 2.55 bits per heavy atom. The lowest BCUT2D eigenvalue weighted by Crippen LogP contribution is -2.29. The second-order valence-electron chi connectivity index (χ2n) is 7.87. The van der Waals surface area contributed by atoms with Gasteiger partial charge in [0.05, 0.1) is 7.11 Å². The van der Waals surface area contributed by atoms with Gasteiger partial charge in [0.2, 0.25) is 0 Å². The van der Waals surface area contributed by atoms with Crippen molar-refractivity contribution in [1.29, 1.82) is 0 Å². The fraction of sp³-hybridized carbons (Fsp3) is 0.458. The van der Waals surface area contributed by atoms with E-state index in [9.17, 15) is 4.79 Å². The number of carbonyl (C=O) groups excluding carboxylic acids is 1. The van der Waals surface area contributed by atoms with E-state index in [1.165, 1.54) is 38.5 Å². The minimum Gasteiger partial charge on any atom is -0.497 e. The van der Waals surface area contributed by atoms with Crippen LogP contribution in [0.25, 0.3) is 0 Å². The maximum absolute atomic E-state index is 12.3. The number of carbonyl (C=O) groups is 1. The summed E-state index contributed by atoms with van der Waals surface area (Å²) in [4.78, 5) is 12.3. The zero-order valence-electron chi connectivity index (χ0n) is 17.4. The van der Waals surface area contributed by atoms with Gasteiger partial charge in [0.25, 0.3) is 0 Å². The van der Waals surface area contributed by atoms with Gasteiger partial charge in [0.1, 0.15) is 11.5 Å². The molecule has 1 atom stereocenters. The molecule has 1 fully saturated rings. The molecule has 2 aromatic rings. The van der Waals surface area contributed by atoms with E-state index in [1.54, 1.807) is 19.2 Å². The number of rotatable bonds is 8. The minimum absolute atomic E-state index is 0.424. The molecule has 0 heterocycles. The third-order valence-electron chi connectivity index (χ3n) is 5.56. The van der Waals surface area contributed by atoms with E-state index < -0.39 is 6.09 Å². The van der Waals surface area contributed by atoms with Gasteiger partial charge in [0.15, 0.2) is 0 Å². The first kappa shape index (κ1) is 21.2. The summed E-state index contributed by atoms with van der Waals surface area (Å²) < 4.78 is 10.7. The summed E-state index contributed by atoms with van der Waals surface area (Å²) in [5, 5.41) is 6.47. The molecule has 5 nitrogen and oxygen atoms in total. The fourth-order valence-electron chi connectivity index (χ4n) is 3.99. The van der Waals surface area contributed by atoms with Gasteiger partial charge in [0, 0.05) is 18.3 Å². The Hall–Kier alpha value is -2.53. The number of hydrogen-bond acceptors (Lipinski definition) is 4. The van der Waals surface area contributed by atoms with Crippen LogP contribution in [-0.4, -0.2) is 19.2 Å². The molecule has 1 aliphatic rings. The Labute approximate surface area is 173 Å². The van der Waals surface area contributed by atoms with Crippen LogP contribution < -0.4 is 20.1 Å². The second kappa shape index (κ2) is 10.9. The number of anilines is 1. The molecule has 1 unspecified atom stereocenters. The molecule has 1 saturated carbocycles. The Balaban J connectivity index is 1.59. The molecule has 0 spiro atoms. The minimum atomic E-state index is -0.502. The van der Waals surface area contributed by atoms with Crippen LogP contribution in [0.15, 0.2) is 48.5 Å². The van der Waals surface area contributed by atoms with Gasteiger partial charge in [-0.05, 0) is 55.2 Å². The van der Waals surface area contributed by atoms with Crippen molar-refractivity contribution in [1.82, 2.24) is 5.32 Å². The van der Waals surface area contributed by atoms with Crippen LogP contribution in [-0.2, 0) is 6.54 Å². The molecule has 1 amide bonds. The highest BCUT2D eigenvalue weighted by Crippen LogP contribution is 2.28. The third kappa shape index (κ3) is 6.79. The molecule has 2 N–H and O–H groups in total. The summed E-state index contributed by atoms with van der Waals surface area (Å²) in [5.41, 5.74) is 1.70. The maximum atomic E-state index is 12.3. The van der Waals surface area contributed by atoms with Crippen molar-refractivity contribution in [3.05, 3.63) is 54.1 Å². The Bertz CT molecular complexity index is 773. The molecule has 0 bridgehead atoms. The molecule has 3 rings (SSSR count). The van der Waals surface area contributed by atoms with Crippen molar-refractivity contribution < 1.29 is 14.3 Å². The average Bonchev–Trinajstić information content (AvgIpc) is 2.74. The maximum Gasteiger partial charge on any atom is 0.417 e. The molecule has 0 radical (unpaired) electrons. The number of benzene rings is 2. The Morgan fingerprint density at radius 1 is 1.07 bits per heavy atom. The number of amides is 1. The highest BCUT2D eigenvalue weighted by molar-refractivity contribution is 5.87. The lowest BCUT2D eigenvalue weighted by atomic mass is 9.85. The summed E-state index contributed by atoms with van der Waals surface area (Å²) in [6.45, 7) is 2.90. The molecule has 0 saturated heterocycles. The van der Waals surface area contributed by atoms with Crippen molar-refractivity contribution in [2.75, 3.05) is 12.4 Å². The van der Waals surface area contributed by atoms with Crippen molar-refractivity contribution in [3.8, 4) is 11.5 Å². The molecule has 0 aromatic heterocycles. The molecular weight excluding hydrogens is 364 g/mol. The highest BCUT2D eigenvalue weighted by Gasteiger charge is 2.17. The number of methoxy groups -OCH3 is 1. The molecule has 29 heavy (non-hydrogen) atoms. The highest BCUT2D eigenvalue weighted by atomic mass is 16.6. The van der Waals surface area contributed by atoms with Crippen LogP contribution in [0, 0.1) is 5.92 Å². The van der Waals surface area contributed by atoms with Crippen molar-refractivity contribution in [3.63, 3.8) is 0 Å². The van der Waals surface area contributed by atoms with Crippen LogP contribution >= 0.6 is 0 Å². The van der Waals surface area contributed by atoms with Gasteiger partial charge in [-0.15, -0.1) is 0 Å². The largest absolute Gasteiger partial charge is 0.497 e. The van der Waals surface area contributed by atoms with Gasteiger partial charge in [-0.2, -0.15) is 0 Å². The van der Waals surface area contributed by atoms with E-state index in [4.69, 9.17) is 9.47 Å². The van der Waals surface area contributed by atoms with E-state index in [0.717, 1.165) is 22.9 Å². The standard InChI is InChI=1S/C24H32N2O3/c1-18(15-19-9-5-3-6-10-19)25-17-20-16-22(28-2)13-14-23(20)26-24(27)29-21-11-7-4-8-12-21/h4,7-8,11-14,16,18-19,25H,3,5-6,9-10,15,17H2,1-2H3,(H,26,27). The van der Waals surface area contributed by atoms with E-state index in [-0.39, 0.29) is 0 Å². The first-order valence-corrected chi connectivity index (χ1v) is 10.6. The predicted molar refractivity (Wildman–Crippen MR) is 117 cm³/mol. The summed E-state index contributed by atoms with van der Waals surface area (Å²) in [6.07, 6.45) is 7.51. The van der Waals surface area contributed by atoms with E-state index in [0.29, 0.717) is 18.3 Å². The van der Waals surface area contributed by atoms with E-state index in [1.807, 2.05) is 36.4 Å². The van der Waals surface area contributed by atoms with Crippen LogP contribution in [0.2, 0.25) is 0 Å². The quantitative estimate of drug-likeness (QED) is 0.596. The van der Waals surface area contributed by atoms with Gasteiger partial charge < -0.3 is 14.8 Å². The summed E-state index contributed by atoms with van der Waals surface area (Å²) in [6, 6.07) is 15.1. The normalized spacial score (nSPS) is 15.5. The molecule has 5 heteroatoms. The smallest absolute Gasteiger partial charge is 0.417 e. The summed E-state index contributed by atoms with van der Waals surface area (Å²) in [5.74, 6) is 2.11. The molecule has 0 aliphatic heterocycles. The number of nitrogens with one attached hydrogen (secondary N) is 2. The van der Waals surface area contributed by atoms with Crippen molar-refractivity contribution in [2.45, 2.75) is 58.0 Å². The monoisotopic (exact) mass is 396 g/mol. The first-order chi connectivity index (χ1) is 14.1. The van der Waals surface area contributed by atoms with Gasteiger partial charge >= 0.3 is 6.09 Å². The van der Waals surface area contributed by atoms with E-state index in [2.05, 4.69) is 17.6 Å². The molecular formula is C24H32N2O3. The van der Waals surface area contributed by atoms with Gasteiger partial charge in [-0.1, -0.05) is 50.3 Å². The lowest BCUT2D eigenvalue weighted by Gasteiger charge is -2.25. The third-order valence-corrected chi connectivity index (χ3v) is 5.56. The summed E-state index contributed by atoms with van der Waals surface area (Å²) >= 11 is 0. The Morgan fingerprint density at radius 2 is 1.83 bits per heavy atom. The molecule has 1 aliphatic carbocycles. The van der Waals surface area contributed by atoms with Crippen LogP contribution in [0.3, 0.4) is 0 Å². The average molecular weight is 397 g/mol. The number of ether oxygens (including phenoxy) is 2. The second-order valence-corrected chi connectivity index (χ2v) is 7.87. The van der Waals surface area contributed by atoms with Crippen LogP contribution in [0.1, 0.15) is 51.0 Å². The Kier molecular flexibility index (Phi) is 7.94. The van der Waals surface area contributed by atoms with Crippen molar-refractivity contribution in [2.24, 2.45) is 5.92 Å². The molecule has 156 valence electrons. The predicted octanol–water partition coefficient (Wildman–Crippen LogP) is 5.75. The van der Waals surface area contributed by atoms with Gasteiger partial charge in [-0.3, -0.25) is 5.32 Å².